The van der Waals surface area contributed by atoms with Gasteiger partial charge in [-0.2, -0.15) is 0 Å². The number of fused-ring (bicyclic) bond motifs is 3. The maximum absolute atomic E-state index is 12.5. The summed E-state index contributed by atoms with van der Waals surface area (Å²) in [4.78, 5) is 19.4. The van der Waals surface area contributed by atoms with Crippen LogP contribution in [0, 0.1) is 5.92 Å². The predicted octanol–water partition coefficient (Wildman–Crippen LogP) is 2.37. The molecule has 2 aromatic rings. The van der Waals surface area contributed by atoms with Gasteiger partial charge in [0.1, 0.15) is 10.7 Å². The fourth-order valence-electron chi connectivity index (χ4n) is 3.62. The molecular formula is C16H19N3O2S. The van der Waals surface area contributed by atoms with Crippen molar-refractivity contribution >= 4 is 28.6 Å². The molecule has 2 aromatic heterocycles. The molecule has 22 heavy (non-hydrogen) atoms. The van der Waals surface area contributed by atoms with Crippen LogP contribution >= 0.6 is 11.8 Å². The number of carbonyl (C=O) groups excluding carboxylic acids is 1. The average molecular weight is 317 g/mol. The summed E-state index contributed by atoms with van der Waals surface area (Å²) < 4.78 is 5.44. The SMILES string of the molecule is CSc1nc(C(=O)N[C@@H]2CC3CCN(C3)C2)cc2ccoc12. The molecule has 1 N–H and O–H groups in total. The molecular weight excluding hydrogens is 298 g/mol. The molecule has 116 valence electrons. The lowest BCUT2D eigenvalue weighted by Crippen LogP contribution is -2.47. The Kier molecular flexibility index (Phi) is 3.58. The van der Waals surface area contributed by atoms with Gasteiger partial charge in [0.05, 0.1) is 6.26 Å². The predicted molar refractivity (Wildman–Crippen MR) is 86.2 cm³/mol. The molecule has 6 heteroatoms. The third kappa shape index (κ3) is 2.50. The molecule has 4 heterocycles. The smallest absolute Gasteiger partial charge is 0.270 e. The molecule has 2 saturated heterocycles. The second kappa shape index (κ2) is 5.59. The van der Waals surface area contributed by atoms with E-state index in [0.717, 1.165) is 34.9 Å². The first-order chi connectivity index (χ1) is 10.7. The zero-order valence-corrected chi connectivity index (χ0v) is 13.4. The molecule has 0 aromatic carbocycles. The number of pyridine rings is 1. The molecule has 0 spiro atoms. The van der Waals surface area contributed by atoms with Crippen LogP contribution in [-0.2, 0) is 0 Å². The fraction of sp³-hybridized carbons (Fsp3) is 0.500. The number of thioether (sulfide) groups is 1. The van der Waals surface area contributed by atoms with Gasteiger partial charge in [0.25, 0.3) is 5.91 Å². The number of aromatic nitrogens is 1. The second-order valence-electron chi connectivity index (χ2n) is 6.18. The minimum absolute atomic E-state index is 0.0779. The summed E-state index contributed by atoms with van der Waals surface area (Å²) in [5, 5.41) is 4.85. The van der Waals surface area contributed by atoms with E-state index in [9.17, 15) is 4.79 Å². The van der Waals surface area contributed by atoms with Crippen LogP contribution in [0.4, 0.5) is 0 Å². The number of furan rings is 1. The molecule has 2 unspecified atom stereocenters. The summed E-state index contributed by atoms with van der Waals surface area (Å²) >= 11 is 1.50. The largest absolute Gasteiger partial charge is 0.461 e. The van der Waals surface area contributed by atoms with Crippen LogP contribution in [0.3, 0.4) is 0 Å². The first-order valence-corrected chi connectivity index (χ1v) is 8.91. The van der Waals surface area contributed by atoms with E-state index in [1.54, 1.807) is 6.26 Å². The molecule has 0 aliphatic carbocycles. The van der Waals surface area contributed by atoms with Crippen molar-refractivity contribution < 1.29 is 9.21 Å². The number of hydrogen-bond acceptors (Lipinski definition) is 5. The van der Waals surface area contributed by atoms with Gasteiger partial charge in [-0.05, 0) is 43.7 Å². The molecule has 2 aliphatic heterocycles. The van der Waals surface area contributed by atoms with E-state index in [4.69, 9.17) is 4.42 Å². The Morgan fingerprint density at radius 3 is 3.23 bits per heavy atom. The van der Waals surface area contributed by atoms with Gasteiger partial charge in [0, 0.05) is 24.5 Å². The van der Waals surface area contributed by atoms with Gasteiger partial charge in [0.2, 0.25) is 0 Å². The van der Waals surface area contributed by atoms with Crippen LogP contribution in [0.1, 0.15) is 23.3 Å². The standard InChI is InChI=1S/C16H19N3O2S/c1-22-16-14-11(3-5-21-14)7-13(18-16)15(20)17-12-6-10-2-4-19(8-10)9-12/h3,5,7,10,12H,2,4,6,8-9H2,1H3,(H,17,20)/t10?,12-/m1/s1. The molecule has 2 aliphatic rings. The number of hydrogen-bond donors (Lipinski definition) is 1. The van der Waals surface area contributed by atoms with Crippen molar-refractivity contribution in [1.29, 1.82) is 0 Å². The van der Waals surface area contributed by atoms with Crippen molar-refractivity contribution in [2.24, 2.45) is 5.92 Å². The van der Waals surface area contributed by atoms with Gasteiger partial charge in [-0.15, -0.1) is 11.8 Å². The number of rotatable bonds is 3. The third-order valence-corrected chi connectivity index (χ3v) is 5.30. The highest BCUT2D eigenvalue weighted by Crippen LogP contribution is 2.28. The van der Waals surface area contributed by atoms with E-state index in [0.29, 0.717) is 5.69 Å². The number of amides is 1. The first kappa shape index (κ1) is 14.1. The van der Waals surface area contributed by atoms with Gasteiger partial charge < -0.3 is 14.6 Å². The minimum Gasteiger partial charge on any atom is -0.461 e. The van der Waals surface area contributed by atoms with Gasteiger partial charge in [0.15, 0.2) is 5.58 Å². The Labute approximate surface area is 133 Å². The zero-order valence-electron chi connectivity index (χ0n) is 12.5. The Balaban J connectivity index is 1.55. The molecule has 3 atom stereocenters. The molecule has 2 bridgehead atoms. The van der Waals surface area contributed by atoms with E-state index in [1.165, 1.54) is 31.3 Å². The summed E-state index contributed by atoms with van der Waals surface area (Å²) in [5.41, 5.74) is 1.23. The monoisotopic (exact) mass is 317 g/mol. The molecule has 5 nitrogen and oxygen atoms in total. The summed E-state index contributed by atoms with van der Waals surface area (Å²) in [7, 11) is 0. The van der Waals surface area contributed by atoms with E-state index in [1.807, 2.05) is 18.4 Å². The molecule has 1 amide bonds. The zero-order chi connectivity index (χ0) is 15.1. The molecule has 0 saturated carbocycles. The van der Waals surface area contributed by atoms with Crippen LogP contribution in [0.25, 0.3) is 11.0 Å². The fourth-order valence-corrected chi connectivity index (χ4v) is 4.17. The lowest BCUT2D eigenvalue weighted by atomic mass is 9.97. The first-order valence-electron chi connectivity index (χ1n) is 7.68. The maximum Gasteiger partial charge on any atom is 0.270 e. The summed E-state index contributed by atoms with van der Waals surface area (Å²) in [5.74, 6) is 0.663. The highest BCUT2D eigenvalue weighted by Gasteiger charge is 2.33. The Hall–Kier alpha value is -1.53. The van der Waals surface area contributed by atoms with Gasteiger partial charge in [-0.1, -0.05) is 0 Å². The van der Waals surface area contributed by atoms with E-state index >= 15 is 0 Å². The Morgan fingerprint density at radius 2 is 2.41 bits per heavy atom. The topological polar surface area (TPSA) is 58.4 Å². The quantitative estimate of drug-likeness (QED) is 0.881. The molecule has 0 radical (unpaired) electrons. The van der Waals surface area contributed by atoms with Crippen molar-refractivity contribution in [1.82, 2.24) is 15.2 Å². The lowest BCUT2D eigenvalue weighted by Gasteiger charge is -2.30. The van der Waals surface area contributed by atoms with Gasteiger partial charge in [-0.3, -0.25) is 4.79 Å². The normalized spacial score (nSPS) is 27.2. The van der Waals surface area contributed by atoms with Crippen molar-refractivity contribution in [3.05, 3.63) is 24.1 Å². The van der Waals surface area contributed by atoms with E-state index in [-0.39, 0.29) is 11.9 Å². The number of nitrogens with zero attached hydrogens (tertiary/aromatic N) is 2. The lowest BCUT2D eigenvalue weighted by molar-refractivity contribution is 0.0904. The summed E-state index contributed by atoms with van der Waals surface area (Å²) in [6, 6.07) is 3.93. The molecule has 4 rings (SSSR count). The Bertz CT molecular complexity index is 702. The van der Waals surface area contributed by atoms with Crippen molar-refractivity contribution in [3.8, 4) is 0 Å². The number of piperidine rings is 1. The van der Waals surface area contributed by atoms with Crippen LogP contribution in [0.5, 0.6) is 0 Å². The number of nitrogens with one attached hydrogen (secondary N) is 1. The van der Waals surface area contributed by atoms with E-state index in [2.05, 4.69) is 15.2 Å². The van der Waals surface area contributed by atoms with Crippen molar-refractivity contribution in [3.63, 3.8) is 0 Å². The average Bonchev–Trinajstić information content (AvgIpc) is 3.12. The summed E-state index contributed by atoms with van der Waals surface area (Å²) in [6.07, 6.45) is 5.94. The highest BCUT2D eigenvalue weighted by atomic mass is 32.2. The third-order valence-electron chi connectivity index (χ3n) is 4.63. The van der Waals surface area contributed by atoms with Crippen LogP contribution in [-0.4, -0.2) is 47.7 Å². The minimum atomic E-state index is -0.0779. The van der Waals surface area contributed by atoms with Crippen molar-refractivity contribution in [2.45, 2.75) is 23.9 Å². The van der Waals surface area contributed by atoms with Gasteiger partial charge in [-0.25, -0.2) is 4.98 Å². The Morgan fingerprint density at radius 1 is 1.50 bits per heavy atom. The van der Waals surface area contributed by atoms with Gasteiger partial charge >= 0.3 is 0 Å². The van der Waals surface area contributed by atoms with Crippen LogP contribution in [0.2, 0.25) is 0 Å². The van der Waals surface area contributed by atoms with E-state index < -0.39 is 0 Å². The number of carbonyl (C=O) groups is 1. The van der Waals surface area contributed by atoms with Crippen LogP contribution < -0.4 is 5.32 Å². The highest BCUT2D eigenvalue weighted by molar-refractivity contribution is 7.98. The van der Waals surface area contributed by atoms with Crippen molar-refractivity contribution in [2.75, 3.05) is 25.9 Å². The molecule has 2 fully saturated rings. The van der Waals surface area contributed by atoms with Crippen LogP contribution in [0.15, 0.2) is 27.8 Å². The second-order valence-corrected chi connectivity index (χ2v) is 6.97. The maximum atomic E-state index is 12.5. The summed E-state index contributed by atoms with van der Waals surface area (Å²) in [6.45, 7) is 3.33.